The van der Waals surface area contributed by atoms with Gasteiger partial charge in [-0.05, 0) is 32.4 Å². The normalized spacial score (nSPS) is 12.2. The van der Waals surface area contributed by atoms with Gasteiger partial charge in [0.1, 0.15) is 0 Å². The number of amides is 1. The number of nitrogens with one attached hydrogen (secondary N) is 1. The predicted octanol–water partition coefficient (Wildman–Crippen LogP) is 2.62. The van der Waals surface area contributed by atoms with Gasteiger partial charge in [-0.15, -0.1) is 0 Å². The number of hydrogen-bond donors (Lipinski definition) is 1. The van der Waals surface area contributed by atoms with Crippen LogP contribution in [0.1, 0.15) is 23.9 Å². The van der Waals surface area contributed by atoms with Crippen LogP contribution in [0, 0.1) is 13.8 Å². The monoisotopic (exact) mass is 327 g/mol. The first-order valence-electron chi connectivity index (χ1n) is 7.63. The molecule has 0 bridgehead atoms. The lowest BCUT2D eigenvalue weighted by atomic mass is 10.2. The second kappa shape index (κ2) is 7.59. The van der Waals surface area contributed by atoms with Gasteiger partial charge in [0.15, 0.2) is 6.10 Å². The molecule has 0 radical (unpaired) electrons. The van der Waals surface area contributed by atoms with E-state index in [0.717, 1.165) is 11.3 Å². The van der Waals surface area contributed by atoms with E-state index in [1.165, 1.54) is 13.0 Å². The molecule has 6 heteroatoms. The van der Waals surface area contributed by atoms with Crippen molar-refractivity contribution >= 4 is 23.6 Å². The Bertz CT molecular complexity index is 763. The molecule has 1 atom stereocenters. The Hall–Kier alpha value is -2.89. The molecular weight excluding hydrogens is 306 g/mol. The number of esters is 1. The maximum atomic E-state index is 12.2. The lowest BCUT2D eigenvalue weighted by Gasteiger charge is -2.12. The van der Waals surface area contributed by atoms with Crippen molar-refractivity contribution in [2.75, 3.05) is 5.32 Å². The number of ether oxygens (including phenoxy) is 1. The van der Waals surface area contributed by atoms with Gasteiger partial charge in [0.2, 0.25) is 0 Å². The first-order valence-corrected chi connectivity index (χ1v) is 7.63. The van der Waals surface area contributed by atoms with Crippen LogP contribution in [0.3, 0.4) is 0 Å². The molecule has 0 unspecified atom stereocenters. The van der Waals surface area contributed by atoms with Crippen molar-refractivity contribution in [1.29, 1.82) is 0 Å². The second-order valence-electron chi connectivity index (χ2n) is 5.48. The minimum absolute atomic E-state index is 0.393. The third kappa shape index (κ3) is 4.32. The van der Waals surface area contributed by atoms with Gasteiger partial charge >= 0.3 is 5.97 Å². The summed E-state index contributed by atoms with van der Waals surface area (Å²) in [5, 5.41) is 6.98. The van der Waals surface area contributed by atoms with Crippen LogP contribution in [-0.2, 0) is 21.4 Å². The average molecular weight is 327 g/mol. The standard InChI is InChI=1S/C18H21N3O3/c1-12-17(13(2)21(4)20-12)19-18(23)14(3)24-16(22)11-10-15-8-6-5-7-9-15/h5-11,14H,1-4H3,(H,19,23)/b11-10+/t14-/m1/s1. The van der Waals surface area contributed by atoms with Crippen LogP contribution in [0.15, 0.2) is 36.4 Å². The van der Waals surface area contributed by atoms with Crippen molar-refractivity contribution < 1.29 is 14.3 Å². The fourth-order valence-electron chi connectivity index (χ4n) is 2.17. The molecule has 1 amide bonds. The molecule has 2 rings (SSSR count). The van der Waals surface area contributed by atoms with Gasteiger partial charge in [0.05, 0.1) is 17.1 Å². The quantitative estimate of drug-likeness (QED) is 0.677. The zero-order valence-electron chi connectivity index (χ0n) is 14.2. The number of carbonyl (C=O) groups is 2. The van der Waals surface area contributed by atoms with E-state index in [2.05, 4.69) is 10.4 Å². The summed E-state index contributed by atoms with van der Waals surface area (Å²) in [7, 11) is 1.80. The molecule has 1 N–H and O–H groups in total. The summed E-state index contributed by atoms with van der Waals surface area (Å²) in [4.78, 5) is 24.0. The number of rotatable bonds is 5. The molecule has 0 saturated heterocycles. The molecule has 24 heavy (non-hydrogen) atoms. The van der Waals surface area contributed by atoms with Crippen molar-refractivity contribution in [3.05, 3.63) is 53.4 Å². The van der Waals surface area contributed by atoms with Crippen LogP contribution in [0.4, 0.5) is 5.69 Å². The van der Waals surface area contributed by atoms with Crippen LogP contribution >= 0.6 is 0 Å². The van der Waals surface area contributed by atoms with E-state index in [0.29, 0.717) is 11.4 Å². The molecule has 0 aliphatic carbocycles. The van der Waals surface area contributed by atoms with Crippen LogP contribution in [0.25, 0.3) is 6.08 Å². The molecule has 0 fully saturated rings. The van der Waals surface area contributed by atoms with Crippen molar-refractivity contribution in [1.82, 2.24) is 9.78 Å². The van der Waals surface area contributed by atoms with Gasteiger partial charge in [-0.25, -0.2) is 4.79 Å². The number of anilines is 1. The van der Waals surface area contributed by atoms with Gasteiger partial charge < -0.3 is 10.1 Å². The number of nitrogens with zero attached hydrogens (tertiary/aromatic N) is 2. The number of aromatic nitrogens is 2. The Morgan fingerprint density at radius 3 is 2.50 bits per heavy atom. The highest BCUT2D eigenvalue weighted by Gasteiger charge is 2.19. The zero-order valence-corrected chi connectivity index (χ0v) is 14.2. The van der Waals surface area contributed by atoms with Crippen molar-refractivity contribution in [3.63, 3.8) is 0 Å². The summed E-state index contributed by atoms with van der Waals surface area (Å²) in [6, 6.07) is 9.38. The Labute approximate surface area is 141 Å². The SMILES string of the molecule is Cc1nn(C)c(C)c1NC(=O)[C@@H](C)OC(=O)/C=C/c1ccccc1. The summed E-state index contributed by atoms with van der Waals surface area (Å²) in [5.74, 6) is -0.961. The molecule has 1 heterocycles. The summed E-state index contributed by atoms with van der Waals surface area (Å²) < 4.78 is 6.81. The topological polar surface area (TPSA) is 73.2 Å². The Balaban J connectivity index is 1.94. The molecule has 126 valence electrons. The molecule has 2 aromatic rings. The fraction of sp³-hybridized carbons (Fsp3) is 0.278. The number of carbonyl (C=O) groups excluding carboxylic acids is 2. The third-order valence-electron chi connectivity index (χ3n) is 3.63. The van der Waals surface area contributed by atoms with Crippen LogP contribution in [0.5, 0.6) is 0 Å². The second-order valence-corrected chi connectivity index (χ2v) is 5.48. The molecule has 0 saturated carbocycles. The van der Waals surface area contributed by atoms with E-state index >= 15 is 0 Å². The molecule has 6 nitrogen and oxygen atoms in total. The predicted molar refractivity (Wildman–Crippen MR) is 92.3 cm³/mol. The summed E-state index contributed by atoms with van der Waals surface area (Å²) >= 11 is 0. The highest BCUT2D eigenvalue weighted by atomic mass is 16.5. The summed E-state index contributed by atoms with van der Waals surface area (Å²) in [6.07, 6.45) is 2.04. The first kappa shape index (κ1) is 17.5. The van der Waals surface area contributed by atoms with Gasteiger partial charge in [-0.1, -0.05) is 30.3 Å². The van der Waals surface area contributed by atoms with Crippen LogP contribution < -0.4 is 5.32 Å². The maximum absolute atomic E-state index is 12.2. The minimum Gasteiger partial charge on any atom is -0.449 e. The van der Waals surface area contributed by atoms with E-state index in [1.54, 1.807) is 17.8 Å². The van der Waals surface area contributed by atoms with E-state index in [4.69, 9.17) is 4.74 Å². The first-order chi connectivity index (χ1) is 11.4. The van der Waals surface area contributed by atoms with E-state index in [-0.39, 0.29) is 0 Å². The lowest BCUT2D eigenvalue weighted by Crippen LogP contribution is -2.29. The summed E-state index contributed by atoms with van der Waals surface area (Å²) in [6.45, 7) is 5.20. The average Bonchev–Trinajstić information content (AvgIpc) is 2.80. The zero-order chi connectivity index (χ0) is 17.7. The fourth-order valence-corrected chi connectivity index (χ4v) is 2.17. The van der Waals surface area contributed by atoms with Crippen molar-refractivity contribution in [3.8, 4) is 0 Å². The number of benzene rings is 1. The Morgan fingerprint density at radius 2 is 1.92 bits per heavy atom. The van der Waals surface area contributed by atoms with Crippen molar-refractivity contribution in [2.24, 2.45) is 7.05 Å². The number of aryl methyl sites for hydroxylation is 2. The smallest absolute Gasteiger partial charge is 0.331 e. The molecule has 0 aliphatic rings. The van der Waals surface area contributed by atoms with Gasteiger partial charge in [-0.2, -0.15) is 5.10 Å². The van der Waals surface area contributed by atoms with Crippen molar-refractivity contribution in [2.45, 2.75) is 26.9 Å². The third-order valence-corrected chi connectivity index (χ3v) is 3.63. The Morgan fingerprint density at radius 1 is 1.25 bits per heavy atom. The largest absolute Gasteiger partial charge is 0.449 e. The summed E-state index contributed by atoms with van der Waals surface area (Å²) in [5.41, 5.74) is 3.08. The molecular formula is C18H21N3O3. The van der Waals surface area contributed by atoms with Crippen LogP contribution in [-0.4, -0.2) is 27.8 Å². The Kier molecular flexibility index (Phi) is 5.52. The van der Waals surface area contributed by atoms with E-state index < -0.39 is 18.0 Å². The van der Waals surface area contributed by atoms with Gasteiger partial charge in [0, 0.05) is 13.1 Å². The van der Waals surface area contributed by atoms with Gasteiger partial charge in [0.25, 0.3) is 5.91 Å². The lowest BCUT2D eigenvalue weighted by molar-refractivity contribution is -0.148. The molecule has 1 aromatic heterocycles. The van der Waals surface area contributed by atoms with Crippen LogP contribution in [0.2, 0.25) is 0 Å². The minimum atomic E-state index is -0.906. The van der Waals surface area contributed by atoms with E-state index in [9.17, 15) is 9.59 Å². The molecule has 0 spiro atoms. The molecule has 1 aromatic carbocycles. The highest BCUT2D eigenvalue weighted by Crippen LogP contribution is 2.18. The maximum Gasteiger partial charge on any atom is 0.331 e. The number of hydrogen-bond acceptors (Lipinski definition) is 4. The van der Waals surface area contributed by atoms with E-state index in [1.807, 2.05) is 44.2 Å². The highest BCUT2D eigenvalue weighted by molar-refractivity contribution is 5.97. The molecule has 0 aliphatic heterocycles. The van der Waals surface area contributed by atoms with Gasteiger partial charge in [-0.3, -0.25) is 9.48 Å².